The first-order chi connectivity index (χ1) is 8.81. The van der Waals surface area contributed by atoms with Gasteiger partial charge in [-0.15, -0.1) is 0 Å². The molecule has 0 aromatic carbocycles. The van der Waals surface area contributed by atoms with E-state index >= 15 is 0 Å². The molecule has 0 spiro atoms. The molecule has 1 aromatic rings. The first-order valence-electron chi connectivity index (χ1n) is 4.96. The third-order valence-corrected chi connectivity index (χ3v) is 4.44. The molecule has 1 aromatic heterocycles. The molecule has 19 heavy (non-hydrogen) atoms. The molecule has 0 aliphatic carbocycles. The molecule has 1 heterocycles. The zero-order chi connectivity index (χ0) is 14.6. The van der Waals surface area contributed by atoms with Crippen LogP contribution in [0.2, 0.25) is 0 Å². The number of hydrogen-bond donors (Lipinski definition) is 3. The van der Waals surface area contributed by atoms with Crippen LogP contribution in [-0.2, 0) is 14.8 Å². The Morgan fingerprint density at radius 2 is 2.26 bits per heavy atom. The van der Waals surface area contributed by atoms with Crippen molar-refractivity contribution in [3.8, 4) is 0 Å². The fourth-order valence-corrected chi connectivity index (χ4v) is 3.40. The summed E-state index contributed by atoms with van der Waals surface area (Å²) < 4.78 is 35.4. The number of halogens is 1. The molecule has 0 amide bonds. The number of carboxylic acids is 1. The van der Waals surface area contributed by atoms with Crippen LogP contribution in [0.1, 0.15) is 10.6 Å². The molecule has 0 saturated heterocycles. The molecule has 108 valence electrons. The maximum absolute atomic E-state index is 12.0. The lowest BCUT2D eigenvalue weighted by Gasteiger charge is -2.14. The number of aromatic carboxylic acids is 1. The Morgan fingerprint density at radius 3 is 2.68 bits per heavy atom. The summed E-state index contributed by atoms with van der Waals surface area (Å²) in [6, 6.07) is 0.0285. The number of rotatable bonds is 7. The van der Waals surface area contributed by atoms with Crippen LogP contribution in [-0.4, -0.2) is 51.0 Å². The van der Waals surface area contributed by atoms with E-state index in [4.69, 9.17) is 19.4 Å². The van der Waals surface area contributed by atoms with Gasteiger partial charge in [0.2, 0.25) is 15.8 Å². The quantitative estimate of drug-likeness (QED) is 0.628. The number of ether oxygens (including phenoxy) is 1. The van der Waals surface area contributed by atoms with Gasteiger partial charge >= 0.3 is 5.97 Å². The predicted octanol–water partition coefficient (Wildman–Crippen LogP) is 0.0259. The summed E-state index contributed by atoms with van der Waals surface area (Å²) in [5, 5.41) is 17.7. The number of aliphatic hydroxyl groups is 1. The van der Waals surface area contributed by atoms with Gasteiger partial charge in [0, 0.05) is 13.2 Å². The molecule has 0 aliphatic rings. The number of carboxylic acid groups (broad SMARTS) is 1. The molecule has 1 rings (SSSR count). The van der Waals surface area contributed by atoms with Gasteiger partial charge in [0.25, 0.3) is 0 Å². The Hall–Kier alpha value is -0.940. The highest BCUT2D eigenvalue weighted by molar-refractivity contribution is 9.10. The lowest BCUT2D eigenvalue weighted by molar-refractivity contribution is 0.0661. The fourth-order valence-electron chi connectivity index (χ4n) is 1.25. The first kappa shape index (κ1) is 16.1. The zero-order valence-electron chi connectivity index (χ0n) is 9.79. The minimum atomic E-state index is -4.03. The molecule has 0 aliphatic heterocycles. The van der Waals surface area contributed by atoms with Crippen molar-refractivity contribution in [2.45, 2.75) is 10.9 Å². The van der Waals surface area contributed by atoms with E-state index in [2.05, 4.69) is 20.7 Å². The van der Waals surface area contributed by atoms with E-state index in [1.165, 1.54) is 7.11 Å². The van der Waals surface area contributed by atoms with E-state index in [9.17, 15) is 13.2 Å². The smallest absolute Gasteiger partial charge is 0.371 e. The fraction of sp³-hybridized carbons (Fsp3) is 0.444. The molecule has 1 atom stereocenters. The second-order valence-electron chi connectivity index (χ2n) is 3.51. The van der Waals surface area contributed by atoms with E-state index in [-0.39, 0.29) is 16.2 Å². The zero-order valence-corrected chi connectivity index (χ0v) is 12.2. The molecule has 0 radical (unpaired) electrons. The monoisotopic (exact) mass is 357 g/mol. The van der Waals surface area contributed by atoms with Gasteiger partial charge < -0.3 is 19.4 Å². The van der Waals surface area contributed by atoms with Crippen molar-refractivity contribution in [1.29, 1.82) is 0 Å². The molecular weight excluding hydrogens is 346 g/mol. The summed E-state index contributed by atoms with van der Waals surface area (Å²) in [5.74, 6) is -1.91. The normalized spacial score (nSPS) is 13.4. The van der Waals surface area contributed by atoms with Gasteiger partial charge in [0.15, 0.2) is 4.67 Å². The van der Waals surface area contributed by atoms with Crippen molar-refractivity contribution in [3.63, 3.8) is 0 Å². The standard InChI is InChI=1S/C9H12BrNO7S/c1-17-4-5(3-12)11-19(15,16)7-2-6(9(13)14)18-8(7)10/h2,5,11-12H,3-4H2,1H3,(H,13,14). The molecule has 8 nitrogen and oxygen atoms in total. The summed E-state index contributed by atoms with van der Waals surface area (Å²) in [4.78, 5) is 10.3. The van der Waals surface area contributed by atoms with Crippen molar-refractivity contribution >= 4 is 31.9 Å². The lowest BCUT2D eigenvalue weighted by Crippen LogP contribution is -2.40. The molecule has 3 N–H and O–H groups in total. The minimum absolute atomic E-state index is 0.0308. The number of nitrogens with one attached hydrogen (secondary N) is 1. The van der Waals surface area contributed by atoms with Crippen molar-refractivity contribution in [2.75, 3.05) is 20.3 Å². The topological polar surface area (TPSA) is 126 Å². The van der Waals surface area contributed by atoms with Gasteiger partial charge in [-0.25, -0.2) is 17.9 Å². The van der Waals surface area contributed by atoms with Crippen LogP contribution in [0, 0.1) is 0 Å². The molecule has 1 unspecified atom stereocenters. The third kappa shape index (κ3) is 4.01. The molecule has 0 bridgehead atoms. The van der Waals surface area contributed by atoms with Crippen LogP contribution < -0.4 is 4.72 Å². The van der Waals surface area contributed by atoms with E-state index in [0.29, 0.717) is 0 Å². The number of furan rings is 1. The van der Waals surface area contributed by atoms with Crippen LogP contribution in [0.25, 0.3) is 0 Å². The van der Waals surface area contributed by atoms with Gasteiger partial charge in [0.1, 0.15) is 4.90 Å². The Morgan fingerprint density at radius 1 is 1.63 bits per heavy atom. The summed E-state index contributed by atoms with van der Waals surface area (Å²) in [6.07, 6.45) is 0. The molecular formula is C9H12BrNO7S. The summed E-state index contributed by atoms with van der Waals surface area (Å²) in [6.45, 7) is -0.495. The molecule has 0 saturated carbocycles. The Labute approximate surface area is 117 Å². The average Bonchev–Trinajstić information content (AvgIpc) is 2.71. The Balaban J connectivity index is 3.03. The van der Waals surface area contributed by atoms with Crippen molar-refractivity contribution in [3.05, 3.63) is 16.5 Å². The average molecular weight is 358 g/mol. The summed E-state index contributed by atoms with van der Waals surface area (Å²) in [7, 11) is -2.68. The Kier molecular flexibility index (Phi) is 5.50. The highest BCUT2D eigenvalue weighted by Gasteiger charge is 2.27. The van der Waals surface area contributed by atoms with Gasteiger partial charge in [-0.05, 0) is 15.9 Å². The molecule has 10 heteroatoms. The second-order valence-corrected chi connectivity index (χ2v) is 5.91. The van der Waals surface area contributed by atoms with E-state index in [1.54, 1.807) is 0 Å². The number of hydrogen-bond acceptors (Lipinski definition) is 6. The number of carbonyl (C=O) groups is 1. The van der Waals surface area contributed by atoms with E-state index in [0.717, 1.165) is 6.07 Å². The number of sulfonamides is 1. The van der Waals surface area contributed by atoms with Gasteiger partial charge in [-0.3, -0.25) is 0 Å². The van der Waals surface area contributed by atoms with Crippen LogP contribution in [0.5, 0.6) is 0 Å². The second kappa shape index (κ2) is 6.48. The van der Waals surface area contributed by atoms with Crippen molar-refractivity contribution in [1.82, 2.24) is 4.72 Å². The number of methoxy groups -OCH3 is 1. The first-order valence-corrected chi connectivity index (χ1v) is 7.24. The highest BCUT2D eigenvalue weighted by Crippen LogP contribution is 2.26. The lowest BCUT2D eigenvalue weighted by atomic mass is 10.4. The molecule has 0 fully saturated rings. The maximum Gasteiger partial charge on any atom is 0.371 e. The van der Waals surface area contributed by atoms with Crippen molar-refractivity contribution in [2.24, 2.45) is 0 Å². The van der Waals surface area contributed by atoms with E-state index < -0.39 is 34.4 Å². The van der Waals surface area contributed by atoms with Gasteiger partial charge in [-0.2, -0.15) is 0 Å². The van der Waals surface area contributed by atoms with Crippen LogP contribution >= 0.6 is 15.9 Å². The van der Waals surface area contributed by atoms with Gasteiger partial charge in [-0.1, -0.05) is 0 Å². The summed E-state index contributed by atoms with van der Waals surface area (Å²) in [5.41, 5.74) is 0. The minimum Gasteiger partial charge on any atom is -0.475 e. The third-order valence-electron chi connectivity index (χ3n) is 2.07. The SMILES string of the molecule is COCC(CO)NS(=O)(=O)c1cc(C(=O)O)oc1Br. The Bertz CT molecular complexity index is 553. The van der Waals surface area contributed by atoms with Crippen molar-refractivity contribution < 1.29 is 32.6 Å². The van der Waals surface area contributed by atoms with Crippen LogP contribution in [0.4, 0.5) is 0 Å². The number of aliphatic hydroxyl groups excluding tert-OH is 1. The predicted molar refractivity (Wildman–Crippen MR) is 66.4 cm³/mol. The van der Waals surface area contributed by atoms with Crippen LogP contribution in [0.15, 0.2) is 20.0 Å². The summed E-state index contributed by atoms with van der Waals surface area (Å²) >= 11 is 2.83. The van der Waals surface area contributed by atoms with Gasteiger partial charge in [0.05, 0.1) is 19.3 Å². The highest BCUT2D eigenvalue weighted by atomic mass is 79.9. The van der Waals surface area contributed by atoms with E-state index in [1.807, 2.05) is 0 Å². The maximum atomic E-state index is 12.0. The largest absolute Gasteiger partial charge is 0.475 e. The van der Waals surface area contributed by atoms with Crippen LogP contribution in [0.3, 0.4) is 0 Å².